The number of ketones is 1. The number of sulfonamides is 1. The first-order valence-corrected chi connectivity index (χ1v) is 9.94. The number of hydrogen-bond acceptors (Lipinski definition) is 4. The van der Waals surface area contributed by atoms with Gasteiger partial charge in [-0.15, -0.1) is 0 Å². The number of carbonyl (C=O) groups is 2. The van der Waals surface area contributed by atoms with Crippen molar-refractivity contribution >= 4 is 21.7 Å². The van der Waals surface area contributed by atoms with Gasteiger partial charge in [-0.1, -0.05) is 12.1 Å². The number of rotatable bonds is 6. The minimum atomic E-state index is -3.58. The molecular formula is C17H26N3O4S+. The molecule has 1 saturated heterocycles. The highest BCUT2D eigenvalue weighted by molar-refractivity contribution is 7.89. The summed E-state index contributed by atoms with van der Waals surface area (Å²) in [6.45, 7) is 7.69. The van der Waals surface area contributed by atoms with Gasteiger partial charge in [-0.2, -0.15) is 4.31 Å². The highest BCUT2D eigenvalue weighted by Gasteiger charge is 2.34. The molecule has 2 rings (SSSR count). The highest BCUT2D eigenvalue weighted by atomic mass is 32.2. The van der Waals surface area contributed by atoms with E-state index in [1.54, 1.807) is 0 Å². The minimum absolute atomic E-state index is 0.00590. The summed E-state index contributed by atoms with van der Waals surface area (Å²) in [5.41, 5.74) is 0.490. The second-order valence-corrected chi connectivity index (χ2v) is 8.20. The van der Waals surface area contributed by atoms with Gasteiger partial charge in [0.2, 0.25) is 10.0 Å². The molecule has 2 N–H and O–H groups in total. The normalized spacial score (nSPS) is 17.9. The molecule has 1 aliphatic rings. The van der Waals surface area contributed by atoms with Crippen LogP contribution in [0.15, 0.2) is 29.2 Å². The van der Waals surface area contributed by atoms with Crippen molar-refractivity contribution in [2.24, 2.45) is 0 Å². The van der Waals surface area contributed by atoms with Crippen molar-refractivity contribution < 1.29 is 22.9 Å². The van der Waals surface area contributed by atoms with Crippen LogP contribution in [0, 0.1) is 0 Å². The largest absolute Gasteiger partial charge is 0.351 e. The van der Waals surface area contributed by atoms with E-state index in [1.165, 1.54) is 35.5 Å². The summed E-state index contributed by atoms with van der Waals surface area (Å²) in [6.07, 6.45) is 0. The fraction of sp³-hybridized carbons (Fsp3) is 0.529. The lowest BCUT2D eigenvalue weighted by atomic mass is 10.2. The molecule has 7 nitrogen and oxygen atoms in total. The Morgan fingerprint density at radius 3 is 2.24 bits per heavy atom. The van der Waals surface area contributed by atoms with Gasteiger partial charge in [-0.05, 0) is 32.9 Å². The Bertz CT molecular complexity index is 723. The van der Waals surface area contributed by atoms with Crippen molar-refractivity contribution in [1.29, 1.82) is 0 Å². The molecule has 138 valence electrons. The number of hydrogen-bond donors (Lipinski definition) is 2. The van der Waals surface area contributed by atoms with E-state index in [9.17, 15) is 18.0 Å². The molecule has 0 bridgehead atoms. The Hall–Kier alpha value is -1.77. The standard InChI is InChI=1S/C17H25N3O4S/c1-4-18-17(22)13(2)19-9-11-20(12-10-19)25(23,24)16-7-5-15(6-8-16)14(3)21/h5-8,13H,4,9-12H2,1-3H3,(H,18,22)/p+1/t13-/m0/s1. The average molecular weight is 368 g/mol. The number of quaternary nitrogens is 1. The lowest BCUT2D eigenvalue weighted by molar-refractivity contribution is -0.917. The lowest BCUT2D eigenvalue weighted by Crippen LogP contribution is -3.19. The number of carbonyl (C=O) groups excluding carboxylic acids is 2. The molecule has 1 atom stereocenters. The van der Waals surface area contributed by atoms with E-state index in [2.05, 4.69) is 5.32 Å². The molecule has 0 saturated carbocycles. The molecule has 0 aromatic heterocycles. The molecule has 1 aromatic rings. The smallest absolute Gasteiger partial charge is 0.278 e. The maximum absolute atomic E-state index is 12.7. The van der Waals surface area contributed by atoms with Crippen LogP contribution in [0.3, 0.4) is 0 Å². The van der Waals surface area contributed by atoms with Crippen molar-refractivity contribution in [1.82, 2.24) is 9.62 Å². The van der Waals surface area contributed by atoms with Gasteiger partial charge in [0.15, 0.2) is 11.8 Å². The Morgan fingerprint density at radius 2 is 1.76 bits per heavy atom. The monoisotopic (exact) mass is 368 g/mol. The Labute approximate surface area is 149 Å². The van der Waals surface area contributed by atoms with Crippen LogP contribution in [-0.4, -0.2) is 63.2 Å². The van der Waals surface area contributed by atoms with E-state index < -0.39 is 10.0 Å². The average Bonchev–Trinajstić information content (AvgIpc) is 2.61. The molecule has 1 fully saturated rings. The van der Waals surface area contributed by atoms with Crippen LogP contribution in [0.1, 0.15) is 31.1 Å². The number of amides is 1. The van der Waals surface area contributed by atoms with Crippen LogP contribution in [0.2, 0.25) is 0 Å². The summed E-state index contributed by atoms with van der Waals surface area (Å²) in [5.74, 6) is -0.103. The zero-order valence-electron chi connectivity index (χ0n) is 14.9. The van der Waals surface area contributed by atoms with Crippen molar-refractivity contribution in [3.8, 4) is 0 Å². The van der Waals surface area contributed by atoms with Gasteiger partial charge in [0.05, 0.1) is 31.1 Å². The van der Waals surface area contributed by atoms with Crippen molar-refractivity contribution in [2.45, 2.75) is 31.7 Å². The Morgan fingerprint density at radius 1 is 1.20 bits per heavy atom. The Kier molecular flexibility index (Phi) is 6.31. The fourth-order valence-electron chi connectivity index (χ4n) is 2.97. The summed E-state index contributed by atoms with van der Waals surface area (Å²) < 4.78 is 26.9. The first kappa shape index (κ1) is 19.6. The molecule has 8 heteroatoms. The second-order valence-electron chi connectivity index (χ2n) is 6.26. The topological polar surface area (TPSA) is 88.0 Å². The third-order valence-corrected chi connectivity index (χ3v) is 6.53. The van der Waals surface area contributed by atoms with Crippen LogP contribution >= 0.6 is 0 Å². The summed E-state index contributed by atoms with van der Waals surface area (Å²) in [4.78, 5) is 24.5. The van der Waals surface area contributed by atoms with Crippen molar-refractivity contribution in [3.63, 3.8) is 0 Å². The van der Waals surface area contributed by atoms with Crippen molar-refractivity contribution in [3.05, 3.63) is 29.8 Å². The van der Waals surface area contributed by atoms with E-state index in [0.29, 0.717) is 38.3 Å². The molecule has 25 heavy (non-hydrogen) atoms. The van der Waals surface area contributed by atoms with Gasteiger partial charge in [-0.3, -0.25) is 9.59 Å². The maximum Gasteiger partial charge on any atom is 0.278 e. The first-order chi connectivity index (χ1) is 11.8. The van der Waals surface area contributed by atoms with E-state index in [0.717, 1.165) is 4.90 Å². The highest BCUT2D eigenvalue weighted by Crippen LogP contribution is 2.16. The molecule has 0 spiro atoms. The number of likely N-dealkylation sites (N-methyl/N-ethyl adjacent to an activating group) is 1. The third kappa shape index (κ3) is 4.45. The van der Waals surface area contributed by atoms with Crippen LogP contribution in [0.25, 0.3) is 0 Å². The summed E-state index contributed by atoms with van der Waals surface area (Å²) >= 11 is 0. The maximum atomic E-state index is 12.7. The minimum Gasteiger partial charge on any atom is -0.351 e. The van der Waals surface area contributed by atoms with Gasteiger partial charge in [0.25, 0.3) is 5.91 Å². The van der Waals surface area contributed by atoms with E-state index in [4.69, 9.17) is 0 Å². The first-order valence-electron chi connectivity index (χ1n) is 8.50. The molecule has 0 radical (unpaired) electrons. The number of nitrogens with one attached hydrogen (secondary N) is 2. The zero-order chi connectivity index (χ0) is 18.6. The summed E-state index contributed by atoms with van der Waals surface area (Å²) in [6, 6.07) is 5.83. The molecule has 0 unspecified atom stereocenters. The number of piperazine rings is 1. The molecule has 1 aliphatic heterocycles. The molecule has 1 aromatic carbocycles. The summed E-state index contributed by atoms with van der Waals surface area (Å²) in [7, 11) is -3.58. The van der Waals surface area contributed by atoms with Crippen LogP contribution in [-0.2, 0) is 14.8 Å². The molecular weight excluding hydrogens is 342 g/mol. The van der Waals surface area contributed by atoms with Gasteiger partial charge in [0, 0.05) is 12.1 Å². The Balaban J connectivity index is 2.03. The van der Waals surface area contributed by atoms with Crippen LogP contribution < -0.4 is 10.2 Å². The van der Waals surface area contributed by atoms with E-state index >= 15 is 0 Å². The predicted octanol–water partition coefficient (Wildman–Crippen LogP) is -0.697. The SMILES string of the molecule is CCNC(=O)[C@H](C)[NH+]1CCN(S(=O)(=O)c2ccc(C(C)=O)cc2)CC1. The van der Waals surface area contributed by atoms with Gasteiger partial charge in [0.1, 0.15) is 0 Å². The van der Waals surface area contributed by atoms with E-state index in [-0.39, 0.29) is 22.6 Å². The third-order valence-electron chi connectivity index (χ3n) is 4.62. The van der Waals surface area contributed by atoms with Gasteiger partial charge in [-0.25, -0.2) is 8.42 Å². The molecule has 0 aliphatic carbocycles. The van der Waals surface area contributed by atoms with Gasteiger partial charge >= 0.3 is 0 Å². The number of benzene rings is 1. The van der Waals surface area contributed by atoms with Crippen LogP contribution in [0.4, 0.5) is 0 Å². The fourth-order valence-corrected chi connectivity index (χ4v) is 4.41. The quantitative estimate of drug-likeness (QED) is 0.650. The zero-order valence-corrected chi connectivity index (χ0v) is 15.7. The van der Waals surface area contributed by atoms with E-state index in [1.807, 2.05) is 13.8 Å². The number of Topliss-reactive ketones (excluding diaryl/α,β-unsaturated/α-hetero) is 1. The van der Waals surface area contributed by atoms with Crippen molar-refractivity contribution in [2.75, 3.05) is 32.7 Å². The number of nitrogens with zero attached hydrogens (tertiary/aromatic N) is 1. The van der Waals surface area contributed by atoms with Gasteiger partial charge < -0.3 is 10.2 Å². The van der Waals surface area contributed by atoms with Crippen LogP contribution in [0.5, 0.6) is 0 Å². The predicted molar refractivity (Wildman–Crippen MR) is 94.0 cm³/mol. The lowest BCUT2D eigenvalue weighted by Gasteiger charge is -2.34. The summed E-state index contributed by atoms with van der Waals surface area (Å²) in [5, 5.41) is 2.81. The second kappa shape index (κ2) is 8.07. The molecule has 1 amide bonds. The molecule has 1 heterocycles.